The maximum absolute atomic E-state index is 12.6. The number of aryl methyl sites for hydroxylation is 1. The summed E-state index contributed by atoms with van der Waals surface area (Å²) in [7, 11) is 1.80. The first kappa shape index (κ1) is 17.2. The summed E-state index contributed by atoms with van der Waals surface area (Å²) in [6.45, 7) is 3.15. The molecule has 0 saturated carbocycles. The minimum atomic E-state index is -0.0500. The van der Waals surface area contributed by atoms with Gasteiger partial charge in [-0.25, -0.2) is 0 Å². The number of carbonyl (C=O) groups is 1. The van der Waals surface area contributed by atoms with E-state index >= 15 is 0 Å². The first-order valence-corrected chi connectivity index (χ1v) is 8.47. The van der Waals surface area contributed by atoms with Crippen molar-refractivity contribution >= 4 is 17.5 Å². The summed E-state index contributed by atoms with van der Waals surface area (Å²) in [5.41, 5.74) is 3.85. The van der Waals surface area contributed by atoms with Gasteiger partial charge in [0.15, 0.2) is 0 Å². The molecule has 0 atom stereocenters. The summed E-state index contributed by atoms with van der Waals surface area (Å²) in [6, 6.07) is 15.8. The van der Waals surface area contributed by atoms with Crippen molar-refractivity contribution in [3.63, 3.8) is 0 Å². The van der Waals surface area contributed by atoms with E-state index in [4.69, 9.17) is 11.6 Å². The van der Waals surface area contributed by atoms with Crippen molar-refractivity contribution in [3.05, 3.63) is 88.2 Å². The molecule has 4 nitrogen and oxygen atoms in total. The van der Waals surface area contributed by atoms with E-state index in [0.29, 0.717) is 23.7 Å². The maximum Gasteiger partial charge on any atom is 0.257 e. The largest absolute Gasteiger partial charge is 0.337 e. The number of aromatic nitrogens is 2. The zero-order valence-electron chi connectivity index (χ0n) is 14.3. The van der Waals surface area contributed by atoms with Gasteiger partial charge in [0, 0.05) is 24.8 Å². The van der Waals surface area contributed by atoms with E-state index in [9.17, 15) is 4.79 Å². The molecule has 3 aromatic rings. The van der Waals surface area contributed by atoms with Gasteiger partial charge in [-0.15, -0.1) is 0 Å². The number of halogens is 1. The van der Waals surface area contributed by atoms with Crippen LogP contribution >= 0.6 is 11.6 Å². The lowest BCUT2D eigenvalue weighted by Gasteiger charge is -2.16. The molecule has 2 aromatic carbocycles. The van der Waals surface area contributed by atoms with Crippen molar-refractivity contribution in [3.8, 4) is 0 Å². The number of benzene rings is 2. The van der Waals surface area contributed by atoms with E-state index in [0.717, 1.165) is 11.1 Å². The van der Waals surface area contributed by atoms with Crippen LogP contribution in [0.1, 0.15) is 27.0 Å². The molecular formula is C20H20ClN3O. The summed E-state index contributed by atoms with van der Waals surface area (Å²) in [6.07, 6.45) is 3.36. The average molecular weight is 354 g/mol. The molecule has 0 aliphatic rings. The number of nitrogens with zero attached hydrogens (tertiary/aromatic N) is 3. The molecule has 128 valence electrons. The predicted molar refractivity (Wildman–Crippen MR) is 99.8 cm³/mol. The molecule has 0 N–H and O–H groups in total. The minimum Gasteiger partial charge on any atom is -0.337 e. The third-order valence-corrected chi connectivity index (χ3v) is 4.43. The van der Waals surface area contributed by atoms with E-state index in [1.165, 1.54) is 5.56 Å². The van der Waals surface area contributed by atoms with Crippen LogP contribution in [0.5, 0.6) is 0 Å². The van der Waals surface area contributed by atoms with E-state index in [2.05, 4.69) is 17.2 Å². The normalized spacial score (nSPS) is 10.7. The molecule has 25 heavy (non-hydrogen) atoms. The van der Waals surface area contributed by atoms with Crippen LogP contribution in [0.3, 0.4) is 0 Å². The maximum atomic E-state index is 12.6. The molecule has 1 amide bonds. The lowest BCUT2D eigenvalue weighted by atomic mass is 10.1. The molecule has 5 heteroatoms. The van der Waals surface area contributed by atoms with Gasteiger partial charge in [0.05, 0.1) is 18.3 Å². The highest BCUT2D eigenvalue weighted by atomic mass is 35.5. The van der Waals surface area contributed by atoms with Crippen molar-refractivity contribution < 1.29 is 4.79 Å². The van der Waals surface area contributed by atoms with Crippen LogP contribution in [0.2, 0.25) is 5.02 Å². The first-order valence-electron chi connectivity index (χ1n) is 8.10. The Hall–Kier alpha value is -2.59. The van der Waals surface area contributed by atoms with Gasteiger partial charge in [-0.1, -0.05) is 59.6 Å². The SMILES string of the molecule is Cc1ccc(CN(C)C(=O)c2cnn(Cc3ccccc3Cl)c2)cc1. The molecule has 0 spiro atoms. The van der Waals surface area contributed by atoms with E-state index in [-0.39, 0.29) is 5.91 Å². The predicted octanol–water partition coefficient (Wildman–Crippen LogP) is 4.17. The van der Waals surface area contributed by atoms with Gasteiger partial charge in [0.2, 0.25) is 0 Å². The van der Waals surface area contributed by atoms with Crippen LogP contribution in [0.15, 0.2) is 60.9 Å². The van der Waals surface area contributed by atoms with Crippen LogP contribution in [0.25, 0.3) is 0 Å². The second kappa shape index (κ2) is 7.53. The summed E-state index contributed by atoms with van der Waals surface area (Å²) in [5.74, 6) is -0.0500. The lowest BCUT2D eigenvalue weighted by molar-refractivity contribution is 0.0785. The van der Waals surface area contributed by atoms with Crippen molar-refractivity contribution in [2.75, 3.05) is 7.05 Å². The molecular weight excluding hydrogens is 334 g/mol. The highest BCUT2D eigenvalue weighted by Crippen LogP contribution is 2.16. The van der Waals surface area contributed by atoms with Gasteiger partial charge in [-0.05, 0) is 24.1 Å². The van der Waals surface area contributed by atoms with Crippen molar-refractivity contribution in [2.24, 2.45) is 0 Å². The molecule has 0 aliphatic heterocycles. The monoisotopic (exact) mass is 353 g/mol. The highest BCUT2D eigenvalue weighted by Gasteiger charge is 2.14. The Kier molecular flexibility index (Phi) is 5.19. The van der Waals surface area contributed by atoms with E-state index in [1.807, 2.05) is 43.3 Å². The number of amides is 1. The fourth-order valence-electron chi connectivity index (χ4n) is 2.62. The number of carbonyl (C=O) groups excluding carboxylic acids is 1. The third kappa shape index (κ3) is 4.28. The van der Waals surface area contributed by atoms with Crippen LogP contribution in [0.4, 0.5) is 0 Å². The molecule has 1 aromatic heterocycles. The Bertz CT molecular complexity index is 871. The van der Waals surface area contributed by atoms with Gasteiger partial charge < -0.3 is 4.90 Å². The Labute approximate surface area is 152 Å². The van der Waals surface area contributed by atoms with Gasteiger partial charge in [-0.3, -0.25) is 9.48 Å². The second-order valence-corrected chi connectivity index (χ2v) is 6.57. The Morgan fingerprint density at radius 1 is 1.16 bits per heavy atom. The fraction of sp³-hybridized carbons (Fsp3) is 0.200. The van der Waals surface area contributed by atoms with Crippen LogP contribution in [-0.2, 0) is 13.1 Å². The smallest absolute Gasteiger partial charge is 0.257 e. The highest BCUT2D eigenvalue weighted by molar-refractivity contribution is 6.31. The summed E-state index contributed by atoms with van der Waals surface area (Å²) < 4.78 is 1.73. The first-order chi connectivity index (χ1) is 12.0. The molecule has 0 unspecified atom stereocenters. The molecule has 3 rings (SSSR count). The number of hydrogen-bond donors (Lipinski definition) is 0. The molecule has 0 saturated heterocycles. The van der Waals surface area contributed by atoms with Gasteiger partial charge in [-0.2, -0.15) is 5.10 Å². The van der Waals surface area contributed by atoms with Crippen LogP contribution < -0.4 is 0 Å². The number of rotatable bonds is 5. The van der Waals surface area contributed by atoms with E-state index < -0.39 is 0 Å². The Morgan fingerprint density at radius 2 is 1.88 bits per heavy atom. The second-order valence-electron chi connectivity index (χ2n) is 6.16. The third-order valence-electron chi connectivity index (χ3n) is 4.06. The summed E-state index contributed by atoms with van der Waals surface area (Å²) >= 11 is 6.18. The molecule has 0 radical (unpaired) electrons. The van der Waals surface area contributed by atoms with E-state index in [1.54, 1.807) is 29.0 Å². The summed E-state index contributed by atoms with van der Waals surface area (Å²) in [5, 5.41) is 4.98. The number of hydrogen-bond acceptors (Lipinski definition) is 2. The standard InChI is InChI=1S/C20H20ClN3O/c1-15-7-9-16(10-8-15)12-23(2)20(25)18-11-22-24(14-18)13-17-5-3-4-6-19(17)21/h3-11,14H,12-13H2,1-2H3. The van der Waals surface area contributed by atoms with Crippen molar-refractivity contribution in [2.45, 2.75) is 20.0 Å². The fourth-order valence-corrected chi connectivity index (χ4v) is 2.82. The minimum absolute atomic E-state index is 0.0500. The molecule has 0 bridgehead atoms. The molecule has 1 heterocycles. The topological polar surface area (TPSA) is 38.1 Å². The Balaban J connectivity index is 1.67. The Morgan fingerprint density at radius 3 is 2.60 bits per heavy atom. The quantitative estimate of drug-likeness (QED) is 0.690. The van der Waals surface area contributed by atoms with Gasteiger partial charge in [0.25, 0.3) is 5.91 Å². The molecule has 0 fully saturated rings. The molecule has 0 aliphatic carbocycles. The summed E-state index contributed by atoms with van der Waals surface area (Å²) in [4.78, 5) is 14.3. The van der Waals surface area contributed by atoms with Crippen molar-refractivity contribution in [1.82, 2.24) is 14.7 Å². The van der Waals surface area contributed by atoms with Crippen molar-refractivity contribution in [1.29, 1.82) is 0 Å². The lowest BCUT2D eigenvalue weighted by Crippen LogP contribution is -2.25. The zero-order valence-corrected chi connectivity index (χ0v) is 15.1. The van der Waals surface area contributed by atoms with Gasteiger partial charge >= 0.3 is 0 Å². The zero-order chi connectivity index (χ0) is 17.8. The average Bonchev–Trinajstić information content (AvgIpc) is 3.07. The van der Waals surface area contributed by atoms with Crippen LogP contribution in [-0.4, -0.2) is 27.6 Å². The van der Waals surface area contributed by atoms with Crippen LogP contribution in [0, 0.1) is 6.92 Å². The van der Waals surface area contributed by atoms with Gasteiger partial charge in [0.1, 0.15) is 0 Å².